The lowest BCUT2D eigenvalue weighted by atomic mass is 10.00. The molecule has 0 radical (unpaired) electrons. The molecule has 2 heteroatoms. The smallest absolute Gasteiger partial charge is 0.0836 e. The van der Waals surface area contributed by atoms with E-state index in [-0.39, 0.29) is 6.10 Å². The first-order valence-corrected chi connectivity index (χ1v) is 5.66. The molecule has 80 valence electrons. The molecule has 1 heterocycles. The van der Waals surface area contributed by atoms with Crippen LogP contribution in [-0.2, 0) is 11.2 Å². The Kier molecular flexibility index (Phi) is 3.45. The van der Waals surface area contributed by atoms with E-state index in [2.05, 4.69) is 31.2 Å². The minimum Gasteiger partial charge on any atom is -0.373 e. The van der Waals surface area contributed by atoms with E-state index in [0.29, 0.717) is 0 Å². The maximum Gasteiger partial charge on any atom is 0.0836 e. The summed E-state index contributed by atoms with van der Waals surface area (Å²) in [6.07, 6.45) is 1.94. The average molecular weight is 223 g/mol. The third kappa shape index (κ3) is 2.61. The lowest BCUT2D eigenvalue weighted by Crippen LogP contribution is -2.23. The van der Waals surface area contributed by atoms with Crippen LogP contribution < -0.4 is 0 Å². The summed E-state index contributed by atoms with van der Waals surface area (Å²) in [4.78, 5) is 0. The molecule has 15 heavy (non-hydrogen) atoms. The van der Waals surface area contributed by atoms with Crippen LogP contribution in [0.25, 0.3) is 0 Å². The summed E-state index contributed by atoms with van der Waals surface area (Å²) >= 11 is 6.13. The first kappa shape index (κ1) is 10.7. The van der Waals surface area contributed by atoms with Crippen LogP contribution in [0.2, 0.25) is 0 Å². The molecule has 0 saturated heterocycles. The van der Waals surface area contributed by atoms with Crippen molar-refractivity contribution >= 4 is 11.6 Å². The summed E-state index contributed by atoms with van der Waals surface area (Å²) in [5.41, 5.74) is 2.49. The van der Waals surface area contributed by atoms with Gasteiger partial charge in [0.15, 0.2) is 0 Å². The number of hydrogen-bond donors (Lipinski definition) is 0. The van der Waals surface area contributed by atoms with Gasteiger partial charge in [-0.1, -0.05) is 41.9 Å². The Labute approximate surface area is 95.7 Å². The van der Waals surface area contributed by atoms with Gasteiger partial charge in [-0.2, -0.15) is 0 Å². The molecule has 1 nitrogen and oxygen atoms in total. The summed E-state index contributed by atoms with van der Waals surface area (Å²) in [5, 5.41) is 0.974. The number of benzene rings is 1. The molecule has 2 rings (SSSR count). The number of hydrogen-bond acceptors (Lipinski definition) is 1. The molecule has 1 atom stereocenters. The van der Waals surface area contributed by atoms with Crippen LogP contribution in [0.15, 0.2) is 40.9 Å². The van der Waals surface area contributed by atoms with E-state index >= 15 is 0 Å². The Morgan fingerprint density at radius 1 is 1.33 bits per heavy atom. The number of rotatable bonds is 2. The third-order valence-electron chi connectivity index (χ3n) is 2.82. The summed E-state index contributed by atoms with van der Waals surface area (Å²) in [7, 11) is 0. The highest BCUT2D eigenvalue weighted by Gasteiger charge is 2.19. The SMILES string of the molecule is CC1=C(Cl)CCOC1Cc1ccccc1. The molecule has 1 aromatic rings. The molecule has 0 fully saturated rings. The van der Waals surface area contributed by atoms with Gasteiger partial charge in [0.2, 0.25) is 0 Å². The third-order valence-corrected chi connectivity index (χ3v) is 3.30. The Hall–Kier alpha value is -0.790. The standard InChI is InChI=1S/C13H15ClO/c1-10-12(14)7-8-15-13(10)9-11-5-3-2-4-6-11/h2-6,13H,7-9H2,1H3. The van der Waals surface area contributed by atoms with Crippen molar-refractivity contribution < 1.29 is 4.74 Å². The summed E-state index contributed by atoms with van der Waals surface area (Å²) in [6, 6.07) is 10.4. The predicted octanol–water partition coefficient (Wildman–Crippen LogP) is 3.53. The van der Waals surface area contributed by atoms with Gasteiger partial charge < -0.3 is 4.74 Å². The lowest BCUT2D eigenvalue weighted by Gasteiger charge is -2.24. The van der Waals surface area contributed by atoms with Crippen molar-refractivity contribution in [2.75, 3.05) is 6.61 Å². The highest BCUT2D eigenvalue weighted by atomic mass is 35.5. The van der Waals surface area contributed by atoms with Gasteiger partial charge in [-0.05, 0) is 18.1 Å². The zero-order chi connectivity index (χ0) is 10.7. The quantitative estimate of drug-likeness (QED) is 0.744. The Bertz CT molecular complexity index is 356. The summed E-state index contributed by atoms with van der Waals surface area (Å²) < 4.78 is 5.72. The lowest BCUT2D eigenvalue weighted by molar-refractivity contribution is 0.0699. The minimum atomic E-state index is 0.161. The van der Waals surface area contributed by atoms with Crippen molar-refractivity contribution in [1.82, 2.24) is 0 Å². The van der Waals surface area contributed by atoms with Gasteiger partial charge in [0.1, 0.15) is 0 Å². The van der Waals surface area contributed by atoms with Crippen molar-refractivity contribution in [2.45, 2.75) is 25.9 Å². The maximum atomic E-state index is 6.13. The van der Waals surface area contributed by atoms with E-state index in [4.69, 9.17) is 16.3 Å². The Balaban J connectivity index is 2.10. The molecular weight excluding hydrogens is 208 g/mol. The minimum absolute atomic E-state index is 0.161. The van der Waals surface area contributed by atoms with Gasteiger partial charge in [0.25, 0.3) is 0 Å². The van der Waals surface area contributed by atoms with Gasteiger partial charge in [-0.15, -0.1) is 0 Å². The topological polar surface area (TPSA) is 9.23 Å². The van der Waals surface area contributed by atoms with E-state index in [1.54, 1.807) is 0 Å². The van der Waals surface area contributed by atoms with E-state index in [9.17, 15) is 0 Å². The molecular formula is C13H15ClO. The molecule has 0 aromatic heterocycles. The average Bonchev–Trinajstić information content (AvgIpc) is 2.26. The maximum absolute atomic E-state index is 6.13. The largest absolute Gasteiger partial charge is 0.373 e. The van der Waals surface area contributed by atoms with Crippen LogP contribution in [0.3, 0.4) is 0 Å². The van der Waals surface area contributed by atoms with Crippen molar-refractivity contribution in [3.8, 4) is 0 Å². The molecule has 0 spiro atoms. The van der Waals surface area contributed by atoms with E-state index in [1.807, 2.05) is 6.07 Å². The molecule has 1 unspecified atom stereocenters. The number of ether oxygens (including phenoxy) is 1. The van der Waals surface area contributed by atoms with Crippen LogP contribution in [-0.4, -0.2) is 12.7 Å². The summed E-state index contributed by atoms with van der Waals surface area (Å²) in [6.45, 7) is 2.81. The van der Waals surface area contributed by atoms with Gasteiger partial charge in [0.05, 0.1) is 12.7 Å². The fraction of sp³-hybridized carbons (Fsp3) is 0.385. The first-order valence-electron chi connectivity index (χ1n) is 5.28. The predicted molar refractivity (Wildman–Crippen MR) is 63.1 cm³/mol. The monoisotopic (exact) mass is 222 g/mol. The van der Waals surface area contributed by atoms with Gasteiger partial charge in [0, 0.05) is 17.9 Å². The Morgan fingerprint density at radius 2 is 2.07 bits per heavy atom. The van der Waals surface area contributed by atoms with E-state index < -0.39 is 0 Å². The molecule has 0 aliphatic carbocycles. The number of halogens is 1. The van der Waals surface area contributed by atoms with Crippen molar-refractivity contribution in [3.05, 3.63) is 46.5 Å². The highest BCUT2D eigenvalue weighted by Crippen LogP contribution is 2.26. The van der Waals surface area contributed by atoms with Crippen molar-refractivity contribution in [2.24, 2.45) is 0 Å². The van der Waals surface area contributed by atoms with Gasteiger partial charge in [-0.25, -0.2) is 0 Å². The van der Waals surface area contributed by atoms with Crippen LogP contribution in [0, 0.1) is 0 Å². The van der Waals surface area contributed by atoms with Crippen LogP contribution in [0.5, 0.6) is 0 Å². The molecule has 1 aromatic carbocycles. The van der Waals surface area contributed by atoms with E-state index in [1.165, 1.54) is 11.1 Å². The second-order valence-corrected chi connectivity index (χ2v) is 4.34. The van der Waals surface area contributed by atoms with Crippen LogP contribution in [0.1, 0.15) is 18.9 Å². The van der Waals surface area contributed by atoms with Crippen LogP contribution in [0.4, 0.5) is 0 Å². The normalized spacial score (nSPS) is 21.9. The molecule has 0 saturated carbocycles. The molecule has 0 amide bonds. The van der Waals surface area contributed by atoms with Crippen molar-refractivity contribution in [1.29, 1.82) is 0 Å². The summed E-state index contributed by atoms with van der Waals surface area (Å²) in [5.74, 6) is 0. The zero-order valence-electron chi connectivity index (χ0n) is 8.87. The first-order chi connectivity index (χ1) is 7.27. The molecule has 0 bridgehead atoms. The van der Waals surface area contributed by atoms with Gasteiger partial charge >= 0.3 is 0 Å². The Morgan fingerprint density at radius 3 is 2.80 bits per heavy atom. The molecule has 0 N–H and O–H groups in total. The van der Waals surface area contributed by atoms with Gasteiger partial charge in [-0.3, -0.25) is 0 Å². The molecule has 1 aliphatic rings. The van der Waals surface area contributed by atoms with Crippen LogP contribution >= 0.6 is 11.6 Å². The molecule has 1 aliphatic heterocycles. The van der Waals surface area contributed by atoms with E-state index in [0.717, 1.165) is 24.5 Å². The zero-order valence-corrected chi connectivity index (χ0v) is 9.63. The fourth-order valence-electron chi connectivity index (χ4n) is 1.83. The fourth-order valence-corrected chi connectivity index (χ4v) is 2.03. The van der Waals surface area contributed by atoms with Crippen molar-refractivity contribution in [3.63, 3.8) is 0 Å². The second-order valence-electron chi connectivity index (χ2n) is 3.89. The second kappa shape index (κ2) is 4.82. The highest BCUT2D eigenvalue weighted by molar-refractivity contribution is 6.30.